The number of nitrogens with one attached hydrogen (secondary N) is 2. The lowest BCUT2D eigenvalue weighted by molar-refractivity contribution is 0.101. The van der Waals surface area contributed by atoms with Crippen LogP contribution >= 0.6 is 24.8 Å². The zero-order chi connectivity index (χ0) is 16.8. The maximum absolute atomic E-state index is 12.1. The molecule has 0 aliphatic heterocycles. The third-order valence-electron chi connectivity index (χ3n) is 3.32. The van der Waals surface area contributed by atoms with Gasteiger partial charge >= 0.3 is 0 Å². The fourth-order valence-electron chi connectivity index (χ4n) is 2.10. The molecule has 0 fully saturated rings. The molecule has 158 valence electrons. The highest BCUT2D eigenvalue weighted by atomic mass is 35.5. The van der Waals surface area contributed by atoms with Crippen LogP contribution in [0.2, 0.25) is 0 Å². The Kier molecular flexibility index (Phi) is 15.9. The van der Waals surface area contributed by atoms with Crippen LogP contribution in [0.25, 0.3) is 0 Å². The van der Waals surface area contributed by atoms with Crippen molar-refractivity contribution in [1.82, 2.24) is 4.98 Å². The van der Waals surface area contributed by atoms with Crippen molar-refractivity contribution in [2.75, 3.05) is 10.6 Å². The summed E-state index contributed by atoms with van der Waals surface area (Å²) >= 11 is 0. The first kappa shape index (κ1) is 30.7. The molecule has 0 atom stereocenters. The molecule has 0 saturated carbocycles. The Bertz CT molecular complexity index is 778. The Hall–Kier alpha value is -3.01. The quantitative estimate of drug-likeness (QED) is 0.629. The van der Waals surface area contributed by atoms with Gasteiger partial charge in [0, 0.05) is 17.6 Å². The highest BCUT2D eigenvalue weighted by Crippen LogP contribution is 2.10. The van der Waals surface area contributed by atoms with Crippen LogP contribution in [0.3, 0.4) is 0 Å². The minimum absolute atomic E-state index is 0. The lowest BCUT2D eigenvalue weighted by atomic mass is 10.2. The van der Waals surface area contributed by atoms with E-state index < -0.39 is 0 Å². The second kappa shape index (κ2) is 15.0. The summed E-state index contributed by atoms with van der Waals surface area (Å²) in [4.78, 5) is 28.3. The Morgan fingerprint density at radius 1 is 0.621 bits per heavy atom. The van der Waals surface area contributed by atoms with E-state index in [9.17, 15) is 9.59 Å². The number of benzene rings is 2. The maximum Gasteiger partial charge on any atom is 0.274 e. The van der Waals surface area contributed by atoms with Crippen LogP contribution < -0.4 is 10.6 Å². The molecule has 0 aliphatic carbocycles. The van der Waals surface area contributed by atoms with E-state index in [1.807, 2.05) is 36.4 Å². The third kappa shape index (κ3) is 8.69. The number of rotatable bonds is 4. The molecule has 0 bridgehead atoms. The van der Waals surface area contributed by atoms with Crippen molar-refractivity contribution < 1.29 is 26.0 Å². The lowest BCUT2D eigenvalue weighted by Crippen LogP contribution is -2.16. The molecule has 1 aromatic heterocycles. The average molecular weight is 444 g/mol. The van der Waals surface area contributed by atoms with Gasteiger partial charge in [-0.15, -0.1) is 24.8 Å². The SMILES string of the molecule is Cl.Cl.O.O.O.O=C(Nc1ccccc1)c1ccc(C(=O)Nc2ccccc2)nc1. The summed E-state index contributed by atoms with van der Waals surface area (Å²) in [5.74, 6) is -0.597. The van der Waals surface area contributed by atoms with Gasteiger partial charge in [0.2, 0.25) is 0 Å². The Morgan fingerprint density at radius 3 is 1.48 bits per heavy atom. The number of halogens is 2. The summed E-state index contributed by atoms with van der Waals surface area (Å²) in [5.41, 5.74) is 2.02. The van der Waals surface area contributed by atoms with Crippen molar-refractivity contribution >= 4 is 48.0 Å². The lowest BCUT2D eigenvalue weighted by Gasteiger charge is -2.06. The first-order chi connectivity index (χ1) is 11.7. The number of anilines is 2. The molecule has 0 radical (unpaired) electrons. The molecule has 0 unspecified atom stereocenters. The van der Waals surface area contributed by atoms with Crippen molar-refractivity contribution in [2.24, 2.45) is 0 Å². The van der Waals surface area contributed by atoms with Gasteiger partial charge in [0.15, 0.2) is 0 Å². The van der Waals surface area contributed by atoms with Crippen molar-refractivity contribution in [2.45, 2.75) is 0 Å². The van der Waals surface area contributed by atoms with E-state index in [2.05, 4.69) is 15.6 Å². The minimum atomic E-state index is -0.323. The number of hydrogen-bond donors (Lipinski definition) is 2. The van der Waals surface area contributed by atoms with Crippen LogP contribution in [0.4, 0.5) is 11.4 Å². The predicted molar refractivity (Wildman–Crippen MR) is 118 cm³/mol. The number of nitrogens with zero attached hydrogens (tertiary/aromatic N) is 1. The maximum atomic E-state index is 12.1. The molecule has 1 heterocycles. The first-order valence-electron chi connectivity index (χ1n) is 7.41. The van der Waals surface area contributed by atoms with Gasteiger partial charge < -0.3 is 27.1 Å². The summed E-state index contributed by atoms with van der Waals surface area (Å²) in [6.45, 7) is 0. The molecule has 10 heteroatoms. The number of para-hydroxylation sites is 2. The smallest absolute Gasteiger partial charge is 0.274 e. The van der Waals surface area contributed by atoms with Crippen LogP contribution in [0.15, 0.2) is 79.0 Å². The topological polar surface area (TPSA) is 166 Å². The largest absolute Gasteiger partial charge is 0.412 e. The van der Waals surface area contributed by atoms with Crippen molar-refractivity contribution in [3.8, 4) is 0 Å². The van der Waals surface area contributed by atoms with Crippen LogP contribution in [-0.4, -0.2) is 33.2 Å². The summed E-state index contributed by atoms with van der Waals surface area (Å²) < 4.78 is 0. The molecule has 8 N–H and O–H groups in total. The van der Waals surface area contributed by atoms with Gasteiger partial charge in [-0.05, 0) is 36.4 Å². The van der Waals surface area contributed by atoms with Gasteiger partial charge in [0.05, 0.1) is 5.56 Å². The normalized spacial score (nSPS) is 8.28. The van der Waals surface area contributed by atoms with Crippen LogP contribution in [0.5, 0.6) is 0 Å². The van der Waals surface area contributed by atoms with Crippen LogP contribution in [-0.2, 0) is 0 Å². The van der Waals surface area contributed by atoms with Crippen molar-refractivity contribution in [3.63, 3.8) is 0 Å². The number of carbonyl (C=O) groups is 2. The van der Waals surface area contributed by atoms with Crippen molar-refractivity contribution in [1.29, 1.82) is 0 Å². The summed E-state index contributed by atoms with van der Waals surface area (Å²) in [7, 11) is 0. The molecule has 3 rings (SSSR count). The monoisotopic (exact) mass is 443 g/mol. The zero-order valence-corrected chi connectivity index (χ0v) is 16.7. The standard InChI is InChI=1S/C19H15N3O2.2ClH.3H2O/c23-18(21-15-7-3-1-4-8-15)14-11-12-17(20-13-14)19(24)22-16-9-5-2-6-10-16;;;;;/h1-13H,(H,21,23)(H,22,24);2*1H;3*1H2. The van der Waals surface area contributed by atoms with E-state index in [1.54, 1.807) is 30.3 Å². The van der Waals surface area contributed by atoms with Crippen molar-refractivity contribution in [3.05, 3.63) is 90.3 Å². The van der Waals surface area contributed by atoms with Gasteiger partial charge in [-0.2, -0.15) is 0 Å². The second-order valence-electron chi connectivity index (χ2n) is 5.07. The van der Waals surface area contributed by atoms with E-state index in [4.69, 9.17) is 0 Å². The molecule has 29 heavy (non-hydrogen) atoms. The Balaban J connectivity index is -0.00000135. The third-order valence-corrected chi connectivity index (χ3v) is 3.32. The highest BCUT2D eigenvalue weighted by molar-refractivity contribution is 6.06. The van der Waals surface area contributed by atoms with Gasteiger partial charge in [-0.1, -0.05) is 36.4 Å². The van der Waals surface area contributed by atoms with Gasteiger partial charge in [0.25, 0.3) is 11.8 Å². The number of amides is 2. The number of aromatic nitrogens is 1. The summed E-state index contributed by atoms with van der Waals surface area (Å²) in [5, 5.41) is 5.51. The highest BCUT2D eigenvalue weighted by Gasteiger charge is 2.10. The molecule has 0 aliphatic rings. The van der Waals surface area contributed by atoms with E-state index in [0.717, 1.165) is 0 Å². The van der Waals surface area contributed by atoms with Gasteiger partial charge in [-0.25, -0.2) is 0 Å². The Morgan fingerprint density at radius 2 is 1.07 bits per heavy atom. The van der Waals surface area contributed by atoms with E-state index in [1.165, 1.54) is 12.3 Å². The van der Waals surface area contributed by atoms with E-state index in [0.29, 0.717) is 16.9 Å². The molecule has 3 aromatic rings. The summed E-state index contributed by atoms with van der Waals surface area (Å²) in [6.07, 6.45) is 1.39. The number of carbonyl (C=O) groups excluding carboxylic acids is 2. The molecule has 8 nitrogen and oxygen atoms in total. The van der Waals surface area contributed by atoms with Gasteiger partial charge in [0.1, 0.15) is 5.69 Å². The van der Waals surface area contributed by atoms with Crippen LogP contribution in [0, 0.1) is 0 Å². The number of hydrogen-bond acceptors (Lipinski definition) is 3. The second-order valence-corrected chi connectivity index (χ2v) is 5.07. The average Bonchev–Trinajstić information content (AvgIpc) is 2.63. The fourth-order valence-corrected chi connectivity index (χ4v) is 2.10. The first-order valence-corrected chi connectivity index (χ1v) is 7.41. The summed E-state index contributed by atoms with van der Waals surface area (Å²) in [6, 6.07) is 21.4. The Labute approximate surface area is 180 Å². The molecule has 2 aromatic carbocycles. The molecular weight excluding hydrogens is 421 g/mol. The van der Waals surface area contributed by atoms with Gasteiger partial charge in [-0.3, -0.25) is 14.6 Å². The zero-order valence-electron chi connectivity index (χ0n) is 15.1. The van der Waals surface area contributed by atoms with E-state index >= 15 is 0 Å². The molecule has 2 amide bonds. The molecule has 0 spiro atoms. The molecular formula is C19H23Cl2N3O5. The minimum Gasteiger partial charge on any atom is -0.412 e. The van der Waals surface area contributed by atoms with E-state index in [-0.39, 0.29) is 58.8 Å². The molecule has 0 saturated heterocycles. The fraction of sp³-hybridized carbons (Fsp3) is 0. The number of pyridine rings is 1. The van der Waals surface area contributed by atoms with Crippen LogP contribution in [0.1, 0.15) is 20.8 Å². The predicted octanol–water partition coefficient (Wildman–Crippen LogP) is 1.96.